The van der Waals surface area contributed by atoms with Crippen LogP contribution in [0.25, 0.3) is 0 Å². The lowest BCUT2D eigenvalue weighted by Crippen LogP contribution is -2.41. The van der Waals surface area contributed by atoms with E-state index in [1.807, 2.05) is 0 Å². The third-order valence-electron chi connectivity index (χ3n) is 3.94. The Morgan fingerprint density at radius 2 is 1.94 bits per heavy atom. The molecule has 0 spiro atoms. The van der Waals surface area contributed by atoms with Gasteiger partial charge < -0.3 is 9.64 Å². The molecule has 1 atom stereocenters. The fraction of sp³-hybridized carbons (Fsp3) is 1.00. The van der Waals surface area contributed by atoms with E-state index in [0.29, 0.717) is 11.5 Å². The summed E-state index contributed by atoms with van der Waals surface area (Å²) in [6.07, 6.45) is 6.80. The van der Waals surface area contributed by atoms with Crippen LogP contribution in [0.1, 0.15) is 52.9 Å². The van der Waals surface area contributed by atoms with Crippen molar-refractivity contribution in [2.75, 3.05) is 31.6 Å². The van der Waals surface area contributed by atoms with Crippen LogP contribution in [0.3, 0.4) is 0 Å². The molecule has 1 unspecified atom stereocenters. The maximum Gasteiger partial charge on any atom is 0.0673 e. The van der Waals surface area contributed by atoms with Crippen molar-refractivity contribution < 1.29 is 4.74 Å². The van der Waals surface area contributed by atoms with Crippen LogP contribution in [0.2, 0.25) is 0 Å². The number of hydrogen-bond donors (Lipinski definition) is 0. The molecule has 0 amide bonds. The predicted octanol–water partition coefficient (Wildman–Crippen LogP) is 4.08. The van der Waals surface area contributed by atoms with Crippen molar-refractivity contribution >= 4 is 15.9 Å². The van der Waals surface area contributed by atoms with Gasteiger partial charge in [-0.05, 0) is 31.6 Å². The van der Waals surface area contributed by atoms with E-state index in [4.69, 9.17) is 4.74 Å². The van der Waals surface area contributed by atoms with E-state index in [9.17, 15) is 0 Å². The Bertz CT molecular complexity index is 217. The number of rotatable bonds is 7. The molecule has 0 aromatic carbocycles. The Kier molecular flexibility index (Phi) is 7.81. The van der Waals surface area contributed by atoms with E-state index in [0.717, 1.165) is 18.5 Å². The van der Waals surface area contributed by atoms with Crippen molar-refractivity contribution in [1.82, 2.24) is 4.90 Å². The van der Waals surface area contributed by atoms with Crippen LogP contribution in [-0.2, 0) is 4.74 Å². The molecule has 1 heterocycles. The molecule has 18 heavy (non-hydrogen) atoms. The summed E-state index contributed by atoms with van der Waals surface area (Å²) in [6.45, 7) is 11.3. The fourth-order valence-electron chi connectivity index (χ4n) is 3.22. The molecular formula is C15H30BrNO. The molecule has 1 rings (SSSR count). The highest BCUT2D eigenvalue weighted by atomic mass is 79.9. The van der Waals surface area contributed by atoms with E-state index in [1.165, 1.54) is 45.2 Å². The van der Waals surface area contributed by atoms with Crippen molar-refractivity contribution in [3.63, 3.8) is 0 Å². The zero-order chi connectivity index (χ0) is 13.4. The highest BCUT2D eigenvalue weighted by Crippen LogP contribution is 2.33. The van der Waals surface area contributed by atoms with Gasteiger partial charge in [-0.2, -0.15) is 0 Å². The molecule has 1 fully saturated rings. The number of nitrogens with zero attached hydrogens (tertiary/aromatic N) is 1. The lowest BCUT2D eigenvalue weighted by molar-refractivity contribution is 0.0589. The molecule has 0 radical (unpaired) electrons. The minimum Gasteiger partial charge on any atom is -0.377 e. The molecular weight excluding hydrogens is 290 g/mol. The van der Waals surface area contributed by atoms with Gasteiger partial charge in [0.05, 0.1) is 6.10 Å². The monoisotopic (exact) mass is 319 g/mol. The highest BCUT2D eigenvalue weighted by molar-refractivity contribution is 9.09. The average molecular weight is 320 g/mol. The minimum atomic E-state index is 0.392. The maximum atomic E-state index is 5.75. The van der Waals surface area contributed by atoms with Gasteiger partial charge in [0.1, 0.15) is 0 Å². The number of ether oxygens (including phenoxy) is 1. The van der Waals surface area contributed by atoms with Gasteiger partial charge in [0.2, 0.25) is 0 Å². The summed E-state index contributed by atoms with van der Waals surface area (Å²) in [4.78, 5) is 2.63. The first-order valence-electron chi connectivity index (χ1n) is 7.55. The van der Waals surface area contributed by atoms with Crippen molar-refractivity contribution in [3.8, 4) is 0 Å². The Hall–Kier alpha value is 0.400. The van der Waals surface area contributed by atoms with Gasteiger partial charge in [-0.3, -0.25) is 0 Å². The first kappa shape index (κ1) is 16.5. The smallest absolute Gasteiger partial charge is 0.0673 e. The summed E-state index contributed by atoms with van der Waals surface area (Å²) in [5.41, 5.74) is 0.466. The molecule has 108 valence electrons. The summed E-state index contributed by atoms with van der Waals surface area (Å²) < 4.78 is 5.75. The molecule has 0 aromatic rings. The van der Waals surface area contributed by atoms with Crippen LogP contribution in [0, 0.1) is 5.41 Å². The second-order valence-electron chi connectivity index (χ2n) is 5.90. The van der Waals surface area contributed by atoms with Gasteiger partial charge in [-0.25, -0.2) is 0 Å². The molecule has 0 aliphatic carbocycles. The van der Waals surface area contributed by atoms with Crippen LogP contribution in [0.4, 0.5) is 0 Å². The molecule has 1 saturated heterocycles. The molecule has 2 nitrogen and oxygen atoms in total. The maximum absolute atomic E-state index is 5.75. The lowest BCUT2D eigenvalue weighted by Gasteiger charge is -2.37. The summed E-state index contributed by atoms with van der Waals surface area (Å²) in [6, 6.07) is 0. The lowest BCUT2D eigenvalue weighted by atomic mass is 9.80. The van der Waals surface area contributed by atoms with Crippen molar-refractivity contribution in [1.29, 1.82) is 0 Å². The van der Waals surface area contributed by atoms with Gasteiger partial charge >= 0.3 is 0 Å². The molecule has 0 saturated carbocycles. The Labute approximate surface area is 122 Å². The van der Waals surface area contributed by atoms with E-state index in [2.05, 4.69) is 41.6 Å². The van der Waals surface area contributed by atoms with Crippen LogP contribution >= 0.6 is 15.9 Å². The third kappa shape index (κ3) is 5.18. The first-order chi connectivity index (χ1) is 8.65. The summed E-state index contributed by atoms with van der Waals surface area (Å²) in [5, 5.41) is 1.13. The minimum absolute atomic E-state index is 0.392. The zero-order valence-electron chi connectivity index (χ0n) is 12.4. The summed E-state index contributed by atoms with van der Waals surface area (Å²) in [5.74, 6) is 0. The zero-order valence-corrected chi connectivity index (χ0v) is 14.0. The second kappa shape index (κ2) is 8.55. The quantitative estimate of drug-likeness (QED) is 0.656. The standard InChI is InChI=1S/C15H30BrNO/c1-4-7-15(12-16,8-5-2)13-17-9-6-10-18-14(3)11-17/h14H,4-13H2,1-3H3. The van der Waals surface area contributed by atoms with Crippen LogP contribution in [0.15, 0.2) is 0 Å². The average Bonchev–Trinajstić information content (AvgIpc) is 2.54. The fourth-order valence-corrected chi connectivity index (χ4v) is 3.96. The topological polar surface area (TPSA) is 12.5 Å². The molecule has 3 heteroatoms. The Morgan fingerprint density at radius 1 is 1.28 bits per heavy atom. The van der Waals surface area contributed by atoms with Crippen LogP contribution in [-0.4, -0.2) is 42.6 Å². The third-order valence-corrected chi connectivity index (χ3v) is 5.13. The SMILES string of the molecule is CCCC(CBr)(CCC)CN1CCCOC(C)C1. The summed E-state index contributed by atoms with van der Waals surface area (Å²) in [7, 11) is 0. The number of hydrogen-bond acceptors (Lipinski definition) is 2. The molecule has 1 aliphatic rings. The molecule has 0 bridgehead atoms. The van der Waals surface area contributed by atoms with Crippen molar-refractivity contribution in [2.45, 2.75) is 59.0 Å². The van der Waals surface area contributed by atoms with Gasteiger partial charge in [0.25, 0.3) is 0 Å². The first-order valence-corrected chi connectivity index (χ1v) is 8.68. The highest BCUT2D eigenvalue weighted by Gasteiger charge is 2.30. The Balaban J connectivity index is 2.62. The number of halogens is 1. The van der Waals surface area contributed by atoms with Gasteiger partial charge in [0, 0.05) is 31.6 Å². The molecule has 1 aliphatic heterocycles. The van der Waals surface area contributed by atoms with Crippen LogP contribution < -0.4 is 0 Å². The van der Waals surface area contributed by atoms with Gasteiger partial charge in [0.15, 0.2) is 0 Å². The normalized spacial score (nSPS) is 23.0. The van der Waals surface area contributed by atoms with Crippen molar-refractivity contribution in [2.24, 2.45) is 5.41 Å². The van der Waals surface area contributed by atoms with E-state index < -0.39 is 0 Å². The molecule has 0 N–H and O–H groups in total. The Morgan fingerprint density at radius 3 is 2.50 bits per heavy atom. The largest absolute Gasteiger partial charge is 0.377 e. The van der Waals surface area contributed by atoms with E-state index >= 15 is 0 Å². The van der Waals surface area contributed by atoms with Crippen LogP contribution in [0.5, 0.6) is 0 Å². The van der Waals surface area contributed by atoms with Gasteiger partial charge in [-0.15, -0.1) is 0 Å². The predicted molar refractivity (Wildman–Crippen MR) is 82.5 cm³/mol. The molecule has 0 aromatic heterocycles. The van der Waals surface area contributed by atoms with E-state index in [-0.39, 0.29) is 0 Å². The van der Waals surface area contributed by atoms with E-state index in [1.54, 1.807) is 0 Å². The number of alkyl halides is 1. The van der Waals surface area contributed by atoms with Gasteiger partial charge in [-0.1, -0.05) is 42.6 Å². The summed E-state index contributed by atoms with van der Waals surface area (Å²) >= 11 is 3.78. The second-order valence-corrected chi connectivity index (χ2v) is 6.46. The van der Waals surface area contributed by atoms with Crippen molar-refractivity contribution in [3.05, 3.63) is 0 Å².